The Morgan fingerprint density at radius 3 is 2.86 bits per heavy atom. The van der Waals surface area contributed by atoms with Crippen LogP contribution in [0.1, 0.15) is 11.1 Å². The fraction of sp³-hybridized carbons (Fsp3) is 0.176. The maximum Gasteiger partial charge on any atom is 0.244 e. The zero-order chi connectivity index (χ0) is 15.9. The zero-order valence-electron chi connectivity index (χ0n) is 12.6. The van der Waals surface area contributed by atoms with Gasteiger partial charge in [0.1, 0.15) is 11.6 Å². The monoisotopic (exact) mass is 299 g/mol. The summed E-state index contributed by atoms with van der Waals surface area (Å²) in [7, 11) is 3.82. The molecule has 1 aromatic carbocycles. The van der Waals surface area contributed by atoms with Gasteiger partial charge < -0.3 is 10.2 Å². The van der Waals surface area contributed by atoms with Gasteiger partial charge in [0.25, 0.3) is 0 Å². The minimum atomic E-state index is -0.324. The molecule has 0 spiro atoms. The predicted octanol–water partition coefficient (Wildman–Crippen LogP) is 2.62. The van der Waals surface area contributed by atoms with E-state index < -0.39 is 0 Å². The van der Waals surface area contributed by atoms with Crippen molar-refractivity contribution in [3.8, 4) is 0 Å². The van der Waals surface area contributed by atoms with E-state index >= 15 is 0 Å². The number of halogens is 1. The lowest BCUT2D eigenvalue weighted by molar-refractivity contribution is -0.116. The van der Waals surface area contributed by atoms with E-state index in [0.29, 0.717) is 12.1 Å². The highest BCUT2D eigenvalue weighted by molar-refractivity contribution is 5.91. The fourth-order valence-corrected chi connectivity index (χ4v) is 1.85. The van der Waals surface area contributed by atoms with E-state index in [2.05, 4.69) is 10.3 Å². The molecule has 4 nitrogen and oxygen atoms in total. The molecule has 1 N–H and O–H groups in total. The molecule has 114 valence electrons. The first-order chi connectivity index (χ1) is 10.5. The van der Waals surface area contributed by atoms with E-state index in [-0.39, 0.29) is 11.7 Å². The standard InChI is InChI=1S/C17H18FN3O/c1-21(2)16-11-14(8-9-19-16)12-20-17(22)7-6-13-4-3-5-15(18)10-13/h3-11H,12H2,1-2H3,(H,20,22)/b7-6+. The van der Waals surface area contributed by atoms with Gasteiger partial charge in [0.05, 0.1) is 0 Å². The number of anilines is 1. The molecule has 0 fully saturated rings. The quantitative estimate of drug-likeness (QED) is 0.863. The Balaban J connectivity index is 1.91. The summed E-state index contributed by atoms with van der Waals surface area (Å²) in [4.78, 5) is 17.9. The smallest absolute Gasteiger partial charge is 0.244 e. The summed E-state index contributed by atoms with van der Waals surface area (Å²) < 4.78 is 13.0. The third-order valence-corrected chi connectivity index (χ3v) is 3.01. The first-order valence-corrected chi connectivity index (χ1v) is 6.88. The molecule has 1 aromatic heterocycles. The van der Waals surface area contributed by atoms with Crippen LogP contribution in [0, 0.1) is 5.82 Å². The number of amides is 1. The maximum absolute atomic E-state index is 13.0. The van der Waals surface area contributed by atoms with Crippen molar-refractivity contribution >= 4 is 17.8 Å². The molecule has 0 saturated carbocycles. The summed E-state index contributed by atoms with van der Waals surface area (Å²) in [6.45, 7) is 0.412. The van der Waals surface area contributed by atoms with Crippen LogP contribution in [0.2, 0.25) is 0 Å². The third-order valence-electron chi connectivity index (χ3n) is 3.01. The molecular weight excluding hydrogens is 281 g/mol. The molecule has 0 unspecified atom stereocenters. The number of nitrogens with one attached hydrogen (secondary N) is 1. The van der Waals surface area contributed by atoms with Crippen molar-refractivity contribution in [2.75, 3.05) is 19.0 Å². The van der Waals surface area contributed by atoms with E-state index in [0.717, 1.165) is 11.4 Å². The lowest BCUT2D eigenvalue weighted by Gasteiger charge is -2.12. The average Bonchev–Trinajstić information content (AvgIpc) is 2.51. The second kappa shape index (κ2) is 7.36. The molecule has 0 bridgehead atoms. The Morgan fingerprint density at radius 1 is 1.32 bits per heavy atom. The Hall–Kier alpha value is -2.69. The van der Waals surface area contributed by atoms with E-state index in [1.807, 2.05) is 31.1 Å². The number of carbonyl (C=O) groups is 1. The molecule has 22 heavy (non-hydrogen) atoms. The van der Waals surface area contributed by atoms with Crippen LogP contribution in [0.4, 0.5) is 10.2 Å². The molecule has 2 rings (SSSR count). The van der Waals surface area contributed by atoms with Crippen molar-refractivity contribution in [2.24, 2.45) is 0 Å². The Labute approximate surface area is 129 Å². The summed E-state index contributed by atoms with van der Waals surface area (Å²) in [5, 5.41) is 2.78. The van der Waals surface area contributed by atoms with Crippen LogP contribution in [0.3, 0.4) is 0 Å². The fourth-order valence-electron chi connectivity index (χ4n) is 1.85. The van der Waals surface area contributed by atoms with Gasteiger partial charge in [-0.05, 0) is 41.5 Å². The van der Waals surface area contributed by atoms with Crippen molar-refractivity contribution in [3.05, 3.63) is 65.6 Å². The molecule has 0 radical (unpaired) electrons. The summed E-state index contributed by atoms with van der Waals surface area (Å²) in [6, 6.07) is 9.84. The summed E-state index contributed by atoms with van der Waals surface area (Å²) >= 11 is 0. The number of benzene rings is 1. The molecule has 2 aromatic rings. The highest BCUT2D eigenvalue weighted by Gasteiger charge is 2.01. The summed E-state index contributed by atoms with van der Waals surface area (Å²) in [5.41, 5.74) is 1.61. The van der Waals surface area contributed by atoms with Crippen molar-refractivity contribution in [3.63, 3.8) is 0 Å². The lowest BCUT2D eigenvalue weighted by atomic mass is 10.2. The number of rotatable bonds is 5. The molecular formula is C17H18FN3O. The second-order valence-electron chi connectivity index (χ2n) is 5.02. The minimum absolute atomic E-state index is 0.229. The molecule has 5 heteroatoms. The molecule has 0 aliphatic heterocycles. The van der Waals surface area contributed by atoms with Crippen molar-refractivity contribution in [1.29, 1.82) is 0 Å². The van der Waals surface area contributed by atoms with Gasteiger partial charge >= 0.3 is 0 Å². The number of hydrogen-bond acceptors (Lipinski definition) is 3. The van der Waals surface area contributed by atoms with Gasteiger partial charge in [-0.3, -0.25) is 4.79 Å². The Bertz CT molecular complexity index is 683. The third kappa shape index (κ3) is 4.70. The van der Waals surface area contributed by atoms with Crippen LogP contribution in [-0.4, -0.2) is 25.0 Å². The average molecular weight is 299 g/mol. The van der Waals surface area contributed by atoms with Crippen molar-refractivity contribution < 1.29 is 9.18 Å². The Kier molecular flexibility index (Phi) is 5.25. The van der Waals surface area contributed by atoms with Crippen molar-refractivity contribution in [1.82, 2.24) is 10.3 Å². The molecule has 0 aliphatic rings. The van der Waals surface area contributed by atoms with Crippen molar-refractivity contribution in [2.45, 2.75) is 6.54 Å². The number of pyridine rings is 1. The molecule has 0 atom stereocenters. The maximum atomic E-state index is 13.0. The lowest BCUT2D eigenvalue weighted by Crippen LogP contribution is -2.20. The highest BCUT2D eigenvalue weighted by Crippen LogP contribution is 2.09. The van der Waals surface area contributed by atoms with E-state index in [9.17, 15) is 9.18 Å². The van der Waals surface area contributed by atoms with Gasteiger partial charge in [0.15, 0.2) is 0 Å². The largest absolute Gasteiger partial charge is 0.363 e. The van der Waals surface area contributed by atoms with Gasteiger partial charge in [-0.25, -0.2) is 9.37 Å². The minimum Gasteiger partial charge on any atom is -0.363 e. The SMILES string of the molecule is CN(C)c1cc(CNC(=O)/C=C/c2cccc(F)c2)ccn1. The van der Waals surface area contributed by atoms with Crippen LogP contribution in [0.15, 0.2) is 48.7 Å². The van der Waals surface area contributed by atoms with Crippen LogP contribution < -0.4 is 10.2 Å². The summed E-state index contributed by atoms with van der Waals surface area (Å²) in [6.07, 6.45) is 4.68. The number of hydrogen-bond donors (Lipinski definition) is 1. The van der Waals surface area contributed by atoms with Gasteiger partial charge in [-0.2, -0.15) is 0 Å². The first kappa shape index (κ1) is 15.7. The van der Waals surface area contributed by atoms with Gasteiger partial charge in [0.2, 0.25) is 5.91 Å². The number of nitrogens with zero attached hydrogens (tertiary/aromatic N) is 2. The van der Waals surface area contributed by atoms with Crippen LogP contribution in [0.5, 0.6) is 0 Å². The van der Waals surface area contributed by atoms with E-state index in [1.54, 1.807) is 24.4 Å². The van der Waals surface area contributed by atoms with Crippen LogP contribution in [-0.2, 0) is 11.3 Å². The molecule has 1 amide bonds. The van der Waals surface area contributed by atoms with E-state index in [4.69, 9.17) is 0 Å². The number of aromatic nitrogens is 1. The number of carbonyl (C=O) groups excluding carboxylic acids is 1. The Morgan fingerprint density at radius 2 is 2.14 bits per heavy atom. The molecule has 0 aliphatic carbocycles. The van der Waals surface area contributed by atoms with Crippen LogP contribution in [0.25, 0.3) is 6.08 Å². The van der Waals surface area contributed by atoms with Gasteiger partial charge in [0, 0.05) is 32.9 Å². The predicted molar refractivity (Wildman–Crippen MR) is 85.8 cm³/mol. The molecule has 0 saturated heterocycles. The topological polar surface area (TPSA) is 45.2 Å². The van der Waals surface area contributed by atoms with Gasteiger partial charge in [-0.15, -0.1) is 0 Å². The van der Waals surface area contributed by atoms with E-state index in [1.165, 1.54) is 18.2 Å². The highest BCUT2D eigenvalue weighted by atomic mass is 19.1. The summed E-state index contributed by atoms with van der Waals surface area (Å²) in [5.74, 6) is 0.282. The molecule has 1 heterocycles. The van der Waals surface area contributed by atoms with Gasteiger partial charge in [-0.1, -0.05) is 12.1 Å². The normalized spacial score (nSPS) is 10.7. The first-order valence-electron chi connectivity index (χ1n) is 6.88. The van der Waals surface area contributed by atoms with Crippen LogP contribution >= 0.6 is 0 Å². The second-order valence-corrected chi connectivity index (χ2v) is 5.02. The zero-order valence-corrected chi connectivity index (χ0v) is 12.6.